The number of nitrogens with one attached hydrogen (secondary N) is 1. The average Bonchev–Trinajstić information content (AvgIpc) is 2.70. The van der Waals surface area contributed by atoms with E-state index in [1.807, 2.05) is 36.4 Å². The summed E-state index contributed by atoms with van der Waals surface area (Å²) in [6.45, 7) is 6.69. The van der Waals surface area contributed by atoms with Gasteiger partial charge in [-0.2, -0.15) is 0 Å². The first kappa shape index (κ1) is 21.5. The minimum Gasteiger partial charge on any atom is -0.487 e. The van der Waals surface area contributed by atoms with Crippen molar-refractivity contribution in [2.75, 3.05) is 13.1 Å². The molecule has 1 amide bonds. The van der Waals surface area contributed by atoms with Crippen LogP contribution in [-0.4, -0.2) is 29.5 Å². The molecule has 1 atom stereocenters. The van der Waals surface area contributed by atoms with Crippen LogP contribution >= 0.6 is 23.2 Å². The summed E-state index contributed by atoms with van der Waals surface area (Å²) >= 11 is 12.3. The summed E-state index contributed by atoms with van der Waals surface area (Å²) in [5.74, 6) is 1.06. The maximum atomic E-state index is 13.0. The topological polar surface area (TPSA) is 41.6 Å². The maximum absolute atomic E-state index is 13.0. The predicted molar refractivity (Wildman–Crippen MR) is 121 cm³/mol. The number of halogens is 2. The SMILES string of the molecule is CC1(C)C[C@H](NC(=O)C2CCN(Cc3ccc(Cl)cc3Cl)CC2)c2ccccc2O1. The van der Waals surface area contributed by atoms with Gasteiger partial charge in [0, 0.05) is 34.5 Å². The van der Waals surface area contributed by atoms with E-state index in [-0.39, 0.29) is 23.5 Å². The fourth-order valence-corrected chi connectivity index (χ4v) is 4.93. The minimum atomic E-state index is -0.298. The third-order valence-electron chi connectivity index (χ3n) is 6.06. The molecule has 1 N–H and O–H groups in total. The predicted octanol–water partition coefficient (Wildman–Crippen LogP) is 5.62. The van der Waals surface area contributed by atoms with Crippen LogP contribution in [0, 0.1) is 5.92 Å². The summed E-state index contributed by atoms with van der Waals surface area (Å²) < 4.78 is 6.09. The van der Waals surface area contributed by atoms with Crippen molar-refractivity contribution in [3.63, 3.8) is 0 Å². The van der Waals surface area contributed by atoms with Gasteiger partial charge in [0.2, 0.25) is 5.91 Å². The van der Waals surface area contributed by atoms with Crippen molar-refractivity contribution in [2.45, 2.75) is 51.3 Å². The quantitative estimate of drug-likeness (QED) is 0.661. The molecule has 2 aliphatic rings. The zero-order valence-corrected chi connectivity index (χ0v) is 19.0. The summed E-state index contributed by atoms with van der Waals surface area (Å²) in [5, 5.41) is 4.65. The van der Waals surface area contributed by atoms with Crippen LogP contribution in [-0.2, 0) is 11.3 Å². The molecule has 1 fully saturated rings. The molecule has 0 bridgehead atoms. The summed E-state index contributed by atoms with van der Waals surface area (Å²) in [4.78, 5) is 15.4. The van der Waals surface area contributed by atoms with Crippen molar-refractivity contribution in [1.82, 2.24) is 10.2 Å². The third kappa shape index (κ3) is 4.93. The van der Waals surface area contributed by atoms with Gasteiger partial charge in [-0.3, -0.25) is 9.69 Å². The van der Waals surface area contributed by atoms with Crippen molar-refractivity contribution in [3.8, 4) is 5.75 Å². The Hall–Kier alpha value is -1.75. The van der Waals surface area contributed by atoms with Crippen LogP contribution in [0.25, 0.3) is 0 Å². The van der Waals surface area contributed by atoms with Crippen molar-refractivity contribution < 1.29 is 9.53 Å². The molecule has 4 rings (SSSR count). The van der Waals surface area contributed by atoms with Crippen LogP contribution < -0.4 is 10.1 Å². The lowest BCUT2D eigenvalue weighted by molar-refractivity contribution is -0.127. The van der Waals surface area contributed by atoms with E-state index in [0.29, 0.717) is 10.0 Å². The number of nitrogens with zero attached hydrogens (tertiary/aromatic N) is 1. The van der Waals surface area contributed by atoms with Gasteiger partial charge in [0.15, 0.2) is 0 Å². The molecule has 1 saturated heterocycles. The Balaban J connectivity index is 1.35. The normalized spacial score (nSPS) is 21.5. The molecule has 2 aromatic rings. The molecule has 0 radical (unpaired) electrons. The number of para-hydroxylation sites is 1. The van der Waals surface area contributed by atoms with E-state index in [1.165, 1.54) is 0 Å². The van der Waals surface area contributed by atoms with Gasteiger partial charge < -0.3 is 10.1 Å². The van der Waals surface area contributed by atoms with Crippen molar-refractivity contribution in [2.24, 2.45) is 5.92 Å². The third-order valence-corrected chi connectivity index (χ3v) is 6.65. The first-order valence-electron chi connectivity index (χ1n) is 10.6. The number of fused-ring (bicyclic) bond motifs is 1. The number of amides is 1. The Bertz CT molecular complexity index is 923. The van der Waals surface area contributed by atoms with Gasteiger partial charge in [-0.05, 0) is 63.5 Å². The highest BCUT2D eigenvalue weighted by Crippen LogP contribution is 2.39. The lowest BCUT2D eigenvalue weighted by Crippen LogP contribution is -2.45. The number of likely N-dealkylation sites (tertiary alicyclic amines) is 1. The fourth-order valence-electron chi connectivity index (χ4n) is 4.46. The molecule has 160 valence electrons. The van der Waals surface area contributed by atoms with E-state index in [1.54, 1.807) is 6.07 Å². The van der Waals surface area contributed by atoms with Gasteiger partial charge in [-0.1, -0.05) is 47.5 Å². The molecule has 2 aromatic carbocycles. The molecule has 0 aliphatic carbocycles. The molecule has 30 heavy (non-hydrogen) atoms. The van der Waals surface area contributed by atoms with Crippen molar-refractivity contribution in [3.05, 3.63) is 63.6 Å². The Kier molecular flexibility index (Phi) is 6.29. The summed E-state index contributed by atoms with van der Waals surface area (Å²) in [7, 11) is 0. The van der Waals surface area contributed by atoms with Gasteiger partial charge >= 0.3 is 0 Å². The van der Waals surface area contributed by atoms with Gasteiger partial charge in [-0.15, -0.1) is 0 Å². The first-order chi connectivity index (χ1) is 14.3. The van der Waals surface area contributed by atoms with E-state index in [2.05, 4.69) is 24.1 Å². The number of rotatable bonds is 4. The number of carbonyl (C=O) groups is 1. The molecule has 0 spiro atoms. The van der Waals surface area contributed by atoms with Crippen LogP contribution in [0.4, 0.5) is 0 Å². The number of piperidine rings is 1. The zero-order chi connectivity index (χ0) is 21.3. The largest absolute Gasteiger partial charge is 0.487 e. The van der Waals surface area contributed by atoms with Crippen LogP contribution in [0.3, 0.4) is 0 Å². The van der Waals surface area contributed by atoms with Gasteiger partial charge in [-0.25, -0.2) is 0 Å². The highest BCUT2D eigenvalue weighted by Gasteiger charge is 2.35. The monoisotopic (exact) mass is 446 g/mol. The molecule has 2 aliphatic heterocycles. The summed E-state index contributed by atoms with van der Waals surface area (Å²) in [6, 6.07) is 13.6. The smallest absolute Gasteiger partial charge is 0.223 e. The average molecular weight is 447 g/mol. The lowest BCUT2D eigenvalue weighted by atomic mass is 9.88. The number of ether oxygens (including phenoxy) is 1. The van der Waals surface area contributed by atoms with E-state index >= 15 is 0 Å². The number of hydrogen-bond acceptors (Lipinski definition) is 3. The van der Waals surface area contributed by atoms with Crippen LogP contribution in [0.15, 0.2) is 42.5 Å². The highest BCUT2D eigenvalue weighted by molar-refractivity contribution is 6.35. The fraction of sp³-hybridized carbons (Fsp3) is 0.458. The Morgan fingerprint density at radius 1 is 1.17 bits per heavy atom. The zero-order valence-electron chi connectivity index (χ0n) is 17.5. The van der Waals surface area contributed by atoms with Gasteiger partial charge in [0.1, 0.15) is 11.4 Å². The second-order valence-corrected chi connectivity index (χ2v) is 9.79. The van der Waals surface area contributed by atoms with Crippen LogP contribution in [0.1, 0.15) is 50.3 Å². The first-order valence-corrected chi connectivity index (χ1v) is 11.3. The Morgan fingerprint density at radius 2 is 1.90 bits per heavy atom. The molecule has 0 unspecified atom stereocenters. The molecular weight excluding hydrogens is 419 g/mol. The molecular formula is C24H28Cl2N2O2. The minimum absolute atomic E-state index is 0.0108. The van der Waals surface area contributed by atoms with Crippen molar-refractivity contribution in [1.29, 1.82) is 0 Å². The Labute approximate surface area is 188 Å². The molecule has 2 heterocycles. The van der Waals surface area contributed by atoms with Crippen LogP contribution in [0.2, 0.25) is 10.0 Å². The second-order valence-electron chi connectivity index (χ2n) is 8.95. The highest BCUT2D eigenvalue weighted by atomic mass is 35.5. The summed E-state index contributed by atoms with van der Waals surface area (Å²) in [6.07, 6.45) is 2.47. The number of benzene rings is 2. The summed E-state index contributed by atoms with van der Waals surface area (Å²) in [5.41, 5.74) is 1.85. The lowest BCUT2D eigenvalue weighted by Gasteiger charge is -2.39. The molecule has 0 saturated carbocycles. The van der Waals surface area contributed by atoms with Crippen LogP contribution in [0.5, 0.6) is 5.75 Å². The van der Waals surface area contributed by atoms with E-state index in [9.17, 15) is 4.79 Å². The van der Waals surface area contributed by atoms with Crippen molar-refractivity contribution >= 4 is 29.1 Å². The van der Waals surface area contributed by atoms with Gasteiger partial charge in [0.05, 0.1) is 6.04 Å². The molecule has 4 nitrogen and oxygen atoms in total. The molecule has 0 aromatic heterocycles. The number of carbonyl (C=O) groups excluding carboxylic acids is 1. The second kappa shape index (κ2) is 8.78. The Morgan fingerprint density at radius 3 is 2.63 bits per heavy atom. The van der Waals surface area contributed by atoms with E-state index in [0.717, 1.165) is 55.8 Å². The maximum Gasteiger partial charge on any atom is 0.223 e. The van der Waals surface area contributed by atoms with E-state index < -0.39 is 0 Å². The standard InChI is InChI=1S/C24H28Cl2N2O2/c1-24(2)14-21(19-5-3-4-6-22(19)30-24)27-23(29)16-9-11-28(12-10-16)15-17-7-8-18(25)13-20(17)26/h3-8,13,16,21H,9-12,14-15H2,1-2H3,(H,27,29)/t21-/m0/s1. The number of hydrogen-bond donors (Lipinski definition) is 1. The van der Waals surface area contributed by atoms with E-state index in [4.69, 9.17) is 27.9 Å². The van der Waals surface area contributed by atoms with Gasteiger partial charge in [0.25, 0.3) is 0 Å². The molecule has 6 heteroatoms.